The number of nitrogens with zero attached hydrogens (tertiary/aromatic N) is 1. The van der Waals surface area contributed by atoms with Gasteiger partial charge in [0.1, 0.15) is 5.82 Å². The first kappa shape index (κ1) is 21.3. The van der Waals surface area contributed by atoms with Crippen LogP contribution in [-0.4, -0.2) is 40.5 Å². The summed E-state index contributed by atoms with van der Waals surface area (Å²) in [5.41, 5.74) is 1.80. The largest absolute Gasteiger partial charge is 0.459 e. The fourth-order valence-corrected chi connectivity index (χ4v) is 3.29. The summed E-state index contributed by atoms with van der Waals surface area (Å²) in [4.78, 5) is 20.4. The normalized spacial score (nSPS) is 19.7. The Morgan fingerprint density at radius 2 is 2.14 bits per heavy atom. The molecule has 29 heavy (non-hydrogen) atoms. The third kappa shape index (κ3) is 5.81. The average Bonchev–Trinajstić information content (AvgIpc) is 3.11. The number of hydrogen-bond donors (Lipinski definition) is 3. The monoisotopic (exact) mass is 401 g/mol. The van der Waals surface area contributed by atoms with E-state index in [1.54, 1.807) is 0 Å². The molecule has 0 fully saturated rings. The van der Waals surface area contributed by atoms with Crippen LogP contribution in [0, 0.1) is 11.3 Å². The van der Waals surface area contributed by atoms with Crippen LogP contribution in [0.5, 0.6) is 0 Å². The van der Waals surface area contributed by atoms with Gasteiger partial charge in [-0.2, -0.15) is 0 Å². The summed E-state index contributed by atoms with van der Waals surface area (Å²) < 4.78 is 11.7. The lowest BCUT2D eigenvalue weighted by atomic mass is 9.77. The van der Waals surface area contributed by atoms with Gasteiger partial charge in [0, 0.05) is 13.0 Å². The van der Waals surface area contributed by atoms with E-state index in [1.165, 1.54) is 0 Å². The number of H-pyrrole nitrogens is 1. The van der Waals surface area contributed by atoms with Crippen molar-refractivity contribution in [3.63, 3.8) is 0 Å². The van der Waals surface area contributed by atoms with Gasteiger partial charge in [0.2, 0.25) is 6.29 Å². The van der Waals surface area contributed by atoms with E-state index in [4.69, 9.17) is 14.6 Å². The first-order chi connectivity index (χ1) is 13.9. The van der Waals surface area contributed by atoms with Gasteiger partial charge in [-0.15, -0.1) is 0 Å². The third-order valence-corrected chi connectivity index (χ3v) is 5.10. The predicted molar refractivity (Wildman–Crippen MR) is 111 cm³/mol. The second-order valence-corrected chi connectivity index (χ2v) is 8.47. The maximum atomic E-state index is 12.7. The summed E-state index contributed by atoms with van der Waals surface area (Å²) >= 11 is 0. The molecule has 2 aromatic rings. The van der Waals surface area contributed by atoms with E-state index < -0.39 is 6.29 Å². The van der Waals surface area contributed by atoms with Crippen molar-refractivity contribution < 1.29 is 19.4 Å². The number of carbonyl (C=O) groups is 1. The lowest BCUT2D eigenvalue weighted by Gasteiger charge is -2.35. The Morgan fingerprint density at radius 3 is 2.86 bits per heavy atom. The number of aromatic nitrogens is 2. The quantitative estimate of drug-likeness (QED) is 0.590. The zero-order chi connectivity index (χ0) is 20.9. The van der Waals surface area contributed by atoms with Crippen molar-refractivity contribution in [2.75, 3.05) is 13.2 Å². The van der Waals surface area contributed by atoms with Crippen LogP contribution in [0.2, 0.25) is 0 Å². The minimum Gasteiger partial charge on any atom is -0.459 e. The lowest BCUT2D eigenvalue weighted by Crippen LogP contribution is -2.36. The Morgan fingerprint density at radius 1 is 1.34 bits per heavy atom. The molecule has 3 rings (SSSR count). The van der Waals surface area contributed by atoms with Crippen LogP contribution in [0.15, 0.2) is 36.1 Å². The fraction of sp³-hybridized carbons (Fsp3) is 0.545. The van der Waals surface area contributed by atoms with Gasteiger partial charge in [0.25, 0.3) is 5.91 Å². The number of fused-ring (bicyclic) bond motifs is 1. The standard InChI is InChI=1S/C22H31N3O4/c1-22(2,3)15-12-18(29-20(13-15)28-11-7-6-10-26)21(27)23-14-19-24-16-8-4-5-9-17(16)25-19/h4-5,8-9,12,15,20,26H,6-7,10-11,13-14H2,1-3H3,(H,23,27)(H,24,25)/t15-,20+/m0/s1. The van der Waals surface area contributed by atoms with Crippen molar-refractivity contribution in [1.29, 1.82) is 0 Å². The van der Waals surface area contributed by atoms with Gasteiger partial charge in [-0.25, -0.2) is 4.98 Å². The van der Waals surface area contributed by atoms with Crippen molar-refractivity contribution in [2.45, 2.75) is 52.9 Å². The number of allylic oxidation sites excluding steroid dienone is 1. The molecule has 7 heteroatoms. The second kappa shape index (κ2) is 9.41. The van der Waals surface area contributed by atoms with Crippen molar-refractivity contribution >= 4 is 16.9 Å². The zero-order valence-corrected chi connectivity index (χ0v) is 17.4. The molecule has 1 amide bonds. The minimum atomic E-state index is -0.463. The van der Waals surface area contributed by atoms with Crippen LogP contribution in [0.1, 0.15) is 45.9 Å². The Labute approximate surface area is 171 Å². The Kier molecular flexibility index (Phi) is 6.92. The maximum absolute atomic E-state index is 12.7. The van der Waals surface area contributed by atoms with Gasteiger partial charge in [-0.3, -0.25) is 4.79 Å². The third-order valence-electron chi connectivity index (χ3n) is 5.10. The summed E-state index contributed by atoms with van der Waals surface area (Å²) in [5.74, 6) is 0.869. The van der Waals surface area contributed by atoms with Crippen LogP contribution < -0.4 is 5.32 Å². The van der Waals surface area contributed by atoms with Crippen molar-refractivity contribution in [3.05, 3.63) is 41.9 Å². The van der Waals surface area contributed by atoms with Gasteiger partial charge in [0.15, 0.2) is 5.76 Å². The van der Waals surface area contributed by atoms with Crippen LogP contribution in [0.25, 0.3) is 11.0 Å². The van der Waals surface area contributed by atoms with E-state index in [2.05, 4.69) is 36.1 Å². The van der Waals surface area contributed by atoms with Gasteiger partial charge in [-0.05, 0) is 42.4 Å². The molecule has 0 spiro atoms. The topological polar surface area (TPSA) is 96.5 Å². The first-order valence-corrected chi connectivity index (χ1v) is 10.2. The lowest BCUT2D eigenvalue weighted by molar-refractivity contribution is -0.153. The number of aliphatic hydroxyl groups excluding tert-OH is 1. The van der Waals surface area contributed by atoms with Crippen molar-refractivity contribution in [3.8, 4) is 0 Å². The minimum absolute atomic E-state index is 0.0131. The molecule has 1 aliphatic heterocycles. The summed E-state index contributed by atoms with van der Waals surface area (Å²) in [6, 6.07) is 7.75. The van der Waals surface area contributed by atoms with E-state index in [0.29, 0.717) is 31.0 Å². The summed E-state index contributed by atoms with van der Waals surface area (Å²) in [6.45, 7) is 7.37. The molecule has 2 heterocycles. The summed E-state index contributed by atoms with van der Waals surface area (Å²) in [7, 11) is 0. The maximum Gasteiger partial charge on any atom is 0.286 e. The number of benzene rings is 1. The molecule has 0 bridgehead atoms. The van der Waals surface area contributed by atoms with Gasteiger partial charge < -0.3 is 24.9 Å². The number of nitrogens with one attached hydrogen (secondary N) is 2. The number of carbonyl (C=O) groups excluding carboxylic acids is 1. The number of imidazole rings is 1. The zero-order valence-electron chi connectivity index (χ0n) is 17.4. The number of unbranched alkanes of at least 4 members (excludes halogenated alkanes) is 1. The predicted octanol–water partition coefficient (Wildman–Crippen LogP) is 3.26. The molecule has 1 aromatic heterocycles. The Bertz CT molecular complexity index is 820. The number of amides is 1. The molecule has 158 valence electrons. The van der Waals surface area contributed by atoms with E-state index in [9.17, 15) is 4.79 Å². The second-order valence-electron chi connectivity index (χ2n) is 8.47. The number of para-hydroxylation sites is 2. The van der Waals surface area contributed by atoms with E-state index in [-0.39, 0.29) is 30.4 Å². The number of aromatic amines is 1. The van der Waals surface area contributed by atoms with Gasteiger partial charge >= 0.3 is 0 Å². The van der Waals surface area contributed by atoms with Gasteiger partial charge in [0.05, 0.1) is 24.2 Å². The van der Waals surface area contributed by atoms with Crippen molar-refractivity contribution in [1.82, 2.24) is 15.3 Å². The van der Waals surface area contributed by atoms with Crippen LogP contribution in [-0.2, 0) is 20.8 Å². The first-order valence-electron chi connectivity index (χ1n) is 10.2. The highest BCUT2D eigenvalue weighted by atomic mass is 16.7. The van der Waals surface area contributed by atoms with Crippen molar-refractivity contribution in [2.24, 2.45) is 11.3 Å². The van der Waals surface area contributed by atoms with Gasteiger partial charge in [-0.1, -0.05) is 32.9 Å². The highest BCUT2D eigenvalue weighted by Gasteiger charge is 2.34. The summed E-state index contributed by atoms with van der Waals surface area (Å²) in [5, 5.41) is 11.8. The molecule has 0 aliphatic carbocycles. The number of hydrogen-bond acceptors (Lipinski definition) is 5. The van der Waals surface area contributed by atoms with Crippen LogP contribution in [0.4, 0.5) is 0 Å². The fourth-order valence-electron chi connectivity index (χ4n) is 3.29. The van der Waals surface area contributed by atoms with E-state index >= 15 is 0 Å². The molecular weight excluding hydrogens is 370 g/mol. The number of rotatable bonds is 8. The molecule has 2 atom stereocenters. The molecule has 1 aromatic carbocycles. The van der Waals surface area contributed by atoms with E-state index in [1.807, 2.05) is 30.3 Å². The Balaban J connectivity index is 1.63. The molecular formula is C22H31N3O4. The molecule has 1 aliphatic rings. The molecule has 7 nitrogen and oxygen atoms in total. The highest BCUT2D eigenvalue weighted by molar-refractivity contribution is 5.91. The van der Waals surface area contributed by atoms with Crippen LogP contribution >= 0.6 is 0 Å². The highest BCUT2D eigenvalue weighted by Crippen LogP contribution is 2.36. The Hall–Kier alpha value is -2.38. The molecule has 0 saturated heterocycles. The number of ether oxygens (including phenoxy) is 2. The molecule has 0 saturated carbocycles. The molecule has 3 N–H and O–H groups in total. The average molecular weight is 402 g/mol. The smallest absolute Gasteiger partial charge is 0.286 e. The van der Waals surface area contributed by atoms with Crippen LogP contribution in [0.3, 0.4) is 0 Å². The SMILES string of the molecule is CC(C)(C)[C@H]1C=C(C(=O)NCc2nc3ccccc3[nH]2)O[C@@H](OCCCCO)C1. The molecule has 0 radical (unpaired) electrons. The van der Waals surface area contributed by atoms with E-state index in [0.717, 1.165) is 17.5 Å². The summed E-state index contributed by atoms with van der Waals surface area (Å²) in [6.07, 6.45) is 3.59. The molecule has 0 unspecified atom stereocenters. The number of aliphatic hydroxyl groups is 1.